The van der Waals surface area contributed by atoms with Crippen LogP contribution in [0.4, 0.5) is 11.5 Å². The van der Waals surface area contributed by atoms with E-state index < -0.39 is 0 Å². The summed E-state index contributed by atoms with van der Waals surface area (Å²) in [5.74, 6) is 0.763. The topological polar surface area (TPSA) is 61.8 Å². The molecular formula is C20H25N5O2. The smallest absolute Gasteiger partial charge is 0.274 e. The number of morpholine rings is 1. The van der Waals surface area contributed by atoms with Crippen LogP contribution < -0.4 is 9.80 Å². The van der Waals surface area contributed by atoms with Crippen molar-refractivity contribution in [1.82, 2.24) is 14.9 Å². The number of anilines is 2. The monoisotopic (exact) mass is 367 g/mol. The average molecular weight is 367 g/mol. The second-order valence-electron chi connectivity index (χ2n) is 6.98. The Hall–Kier alpha value is -2.67. The van der Waals surface area contributed by atoms with Crippen molar-refractivity contribution in [3.63, 3.8) is 0 Å². The number of hydrogen-bond donors (Lipinski definition) is 0. The third-order valence-electron chi connectivity index (χ3n) is 5.13. The van der Waals surface area contributed by atoms with E-state index in [0.29, 0.717) is 32.0 Å². The maximum Gasteiger partial charge on any atom is 0.274 e. The zero-order chi connectivity index (χ0) is 18.6. The molecule has 1 aromatic carbocycles. The molecule has 7 heteroatoms. The minimum Gasteiger partial charge on any atom is -0.378 e. The summed E-state index contributed by atoms with van der Waals surface area (Å²) >= 11 is 0. The number of amides is 1. The molecule has 0 saturated carbocycles. The lowest BCUT2D eigenvalue weighted by Gasteiger charge is -2.36. The van der Waals surface area contributed by atoms with Crippen LogP contribution in [0, 0.1) is 6.92 Å². The summed E-state index contributed by atoms with van der Waals surface area (Å²) in [5, 5.41) is 0. The third kappa shape index (κ3) is 4.03. The maximum absolute atomic E-state index is 12.8. The number of ether oxygens (including phenoxy) is 1. The summed E-state index contributed by atoms with van der Waals surface area (Å²) in [7, 11) is 0. The number of piperazine rings is 1. The Bertz CT molecular complexity index is 781. The van der Waals surface area contributed by atoms with Crippen LogP contribution in [-0.2, 0) is 4.74 Å². The molecule has 3 heterocycles. The van der Waals surface area contributed by atoms with Gasteiger partial charge in [0.15, 0.2) is 0 Å². The van der Waals surface area contributed by atoms with Crippen molar-refractivity contribution in [1.29, 1.82) is 0 Å². The zero-order valence-corrected chi connectivity index (χ0v) is 15.7. The van der Waals surface area contributed by atoms with Crippen LogP contribution in [0.1, 0.15) is 16.1 Å². The van der Waals surface area contributed by atoms with Gasteiger partial charge in [-0.1, -0.05) is 12.1 Å². The Kier molecular flexibility index (Phi) is 5.20. The molecular weight excluding hydrogens is 342 g/mol. The number of hydrogen-bond acceptors (Lipinski definition) is 6. The van der Waals surface area contributed by atoms with Gasteiger partial charge in [0.05, 0.1) is 25.6 Å². The predicted octanol–water partition coefficient (Wildman–Crippen LogP) is 1.58. The Labute approximate surface area is 159 Å². The second kappa shape index (κ2) is 7.92. The van der Waals surface area contributed by atoms with Crippen LogP contribution in [-0.4, -0.2) is 73.3 Å². The summed E-state index contributed by atoms with van der Waals surface area (Å²) in [4.78, 5) is 27.9. The first-order valence-electron chi connectivity index (χ1n) is 9.46. The first-order chi connectivity index (χ1) is 13.2. The molecule has 2 fully saturated rings. The van der Waals surface area contributed by atoms with E-state index in [1.54, 1.807) is 12.4 Å². The van der Waals surface area contributed by atoms with Gasteiger partial charge in [0.1, 0.15) is 11.5 Å². The van der Waals surface area contributed by atoms with E-state index in [-0.39, 0.29) is 5.91 Å². The van der Waals surface area contributed by atoms with Crippen molar-refractivity contribution in [2.24, 2.45) is 0 Å². The Morgan fingerprint density at radius 3 is 2.41 bits per heavy atom. The van der Waals surface area contributed by atoms with E-state index in [1.165, 1.54) is 11.3 Å². The fourth-order valence-corrected chi connectivity index (χ4v) is 3.54. The molecule has 0 N–H and O–H groups in total. The number of carbonyl (C=O) groups is 1. The Morgan fingerprint density at radius 2 is 1.74 bits per heavy atom. The fourth-order valence-electron chi connectivity index (χ4n) is 3.54. The van der Waals surface area contributed by atoms with E-state index >= 15 is 0 Å². The summed E-state index contributed by atoms with van der Waals surface area (Å²) in [6.45, 7) is 8.16. The first-order valence-corrected chi connectivity index (χ1v) is 9.46. The molecule has 7 nitrogen and oxygen atoms in total. The zero-order valence-electron chi connectivity index (χ0n) is 15.7. The number of aromatic nitrogens is 2. The van der Waals surface area contributed by atoms with Crippen LogP contribution in [0.2, 0.25) is 0 Å². The van der Waals surface area contributed by atoms with Crippen molar-refractivity contribution in [3.8, 4) is 0 Å². The molecule has 0 atom stereocenters. The van der Waals surface area contributed by atoms with E-state index in [0.717, 1.165) is 32.0 Å². The summed E-state index contributed by atoms with van der Waals surface area (Å²) < 4.78 is 5.35. The number of rotatable bonds is 3. The van der Waals surface area contributed by atoms with E-state index in [2.05, 4.69) is 51.0 Å². The molecule has 142 valence electrons. The molecule has 0 bridgehead atoms. The first kappa shape index (κ1) is 17.7. The second-order valence-corrected chi connectivity index (χ2v) is 6.98. The van der Waals surface area contributed by atoms with Crippen molar-refractivity contribution in [2.75, 3.05) is 62.3 Å². The molecule has 2 aliphatic heterocycles. The van der Waals surface area contributed by atoms with Crippen molar-refractivity contribution >= 4 is 17.4 Å². The molecule has 2 saturated heterocycles. The summed E-state index contributed by atoms with van der Waals surface area (Å²) in [5.41, 5.74) is 2.88. The van der Waals surface area contributed by atoms with Crippen LogP contribution in [0.3, 0.4) is 0 Å². The van der Waals surface area contributed by atoms with Crippen molar-refractivity contribution < 1.29 is 9.53 Å². The van der Waals surface area contributed by atoms with E-state index in [1.807, 2.05) is 4.90 Å². The lowest BCUT2D eigenvalue weighted by molar-refractivity contribution is 0.0740. The van der Waals surface area contributed by atoms with Crippen molar-refractivity contribution in [3.05, 3.63) is 47.9 Å². The molecule has 0 aliphatic carbocycles. The lowest BCUT2D eigenvalue weighted by atomic mass is 10.2. The highest BCUT2D eigenvalue weighted by Crippen LogP contribution is 2.19. The molecule has 4 rings (SSSR count). The van der Waals surface area contributed by atoms with E-state index in [4.69, 9.17) is 4.74 Å². The third-order valence-corrected chi connectivity index (χ3v) is 5.13. The average Bonchev–Trinajstić information content (AvgIpc) is 2.74. The SMILES string of the molecule is Cc1cccc(N2CCN(C(=O)c3cnc(N4CCOCC4)cn3)CC2)c1. The molecule has 0 spiro atoms. The molecule has 27 heavy (non-hydrogen) atoms. The summed E-state index contributed by atoms with van der Waals surface area (Å²) in [6, 6.07) is 8.49. The maximum atomic E-state index is 12.8. The van der Waals surface area contributed by atoms with Gasteiger partial charge in [-0.3, -0.25) is 4.79 Å². The minimum atomic E-state index is -0.0417. The minimum absolute atomic E-state index is 0.0417. The standard InChI is InChI=1S/C20H25N5O2/c1-16-3-2-4-17(13-16)23-5-7-25(8-6-23)20(26)18-14-22-19(15-21-18)24-9-11-27-12-10-24/h2-4,13-15H,5-12H2,1H3. The van der Waals surface area contributed by atoms with E-state index in [9.17, 15) is 4.79 Å². The molecule has 2 aromatic rings. The van der Waals surface area contributed by atoms with Gasteiger partial charge in [-0.05, 0) is 24.6 Å². The van der Waals surface area contributed by atoms with Crippen LogP contribution in [0.15, 0.2) is 36.7 Å². The fraction of sp³-hybridized carbons (Fsp3) is 0.450. The Morgan fingerprint density at radius 1 is 0.963 bits per heavy atom. The molecule has 0 unspecified atom stereocenters. The number of carbonyl (C=O) groups excluding carboxylic acids is 1. The normalized spacial score (nSPS) is 17.9. The van der Waals surface area contributed by atoms with Gasteiger partial charge >= 0.3 is 0 Å². The molecule has 1 amide bonds. The molecule has 0 radical (unpaired) electrons. The predicted molar refractivity (Wildman–Crippen MR) is 104 cm³/mol. The highest BCUT2D eigenvalue weighted by molar-refractivity contribution is 5.92. The van der Waals surface area contributed by atoms with Crippen LogP contribution in [0.5, 0.6) is 0 Å². The van der Waals surface area contributed by atoms with Crippen LogP contribution >= 0.6 is 0 Å². The van der Waals surface area contributed by atoms with Gasteiger partial charge in [0.2, 0.25) is 0 Å². The molecule has 2 aliphatic rings. The van der Waals surface area contributed by atoms with Crippen molar-refractivity contribution in [2.45, 2.75) is 6.92 Å². The highest BCUT2D eigenvalue weighted by Gasteiger charge is 2.24. The largest absolute Gasteiger partial charge is 0.378 e. The highest BCUT2D eigenvalue weighted by atomic mass is 16.5. The van der Waals surface area contributed by atoms with Gasteiger partial charge in [-0.2, -0.15) is 0 Å². The number of benzene rings is 1. The molecule has 1 aromatic heterocycles. The van der Waals surface area contributed by atoms with Crippen LogP contribution in [0.25, 0.3) is 0 Å². The number of aryl methyl sites for hydroxylation is 1. The number of nitrogens with zero attached hydrogens (tertiary/aromatic N) is 5. The van der Waals surface area contributed by atoms with Gasteiger partial charge in [-0.25, -0.2) is 9.97 Å². The van der Waals surface area contributed by atoms with Gasteiger partial charge < -0.3 is 19.4 Å². The summed E-state index contributed by atoms with van der Waals surface area (Å²) in [6.07, 6.45) is 3.29. The van der Waals surface area contributed by atoms with Gasteiger partial charge in [-0.15, -0.1) is 0 Å². The Balaban J connectivity index is 1.36. The van der Waals surface area contributed by atoms with Gasteiger partial charge in [0.25, 0.3) is 5.91 Å². The van der Waals surface area contributed by atoms with Gasteiger partial charge in [0, 0.05) is 45.0 Å². The quantitative estimate of drug-likeness (QED) is 0.821. The lowest BCUT2D eigenvalue weighted by Crippen LogP contribution is -2.49.